The lowest BCUT2D eigenvalue weighted by molar-refractivity contribution is -0.149. The number of rotatable bonds is 8. The molecule has 1 aliphatic heterocycles. The first kappa shape index (κ1) is 24.1. The van der Waals surface area contributed by atoms with Crippen molar-refractivity contribution in [3.05, 3.63) is 72.3 Å². The Hall–Kier alpha value is -3.65. The number of benzene rings is 2. The van der Waals surface area contributed by atoms with Gasteiger partial charge in [0.15, 0.2) is 0 Å². The van der Waals surface area contributed by atoms with Crippen molar-refractivity contribution in [2.45, 2.75) is 43.3 Å². The number of alkyl carbamates (subject to hydrolysis) is 1. The zero-order chi connectivity index (χ0) is 25.3. The Kier molecular flexibility index (Phi) is 6.53. The average molecular weight is 490 g/mol. The molecule has 1 heterocycles. The molecular formula is C28H31N3O5. The van der Waals surface area contributed by atoms with E-state index in [9.17, 15) is 14.4 Å². The molecule has 2 aromatic carbocycles. The summed E-state index contributed by atoms with van der Waals surface area (Å²) in [5.41, 5.74) is 3.62. The van der Waals surface area contributed by atoms with E-state index in [1.165, 1.54) is 11.1 Å². The van der Waals surface area contributed by atoms with Gasteiger partial charge in [0.2, 0.25) is 5.91 Å². The molecule has 3 N–H and O–H groups in total. The quantitative estimate of drug-likeness (QED) is 0.389. The Morgan fingerprint density at radius 2 is 1.75 bits per heavy atom. The van der Waals surface area contributed by atoms with Crippen LogP contribution in [0.2, 0.25) is 0 Å². The monoisotopic (exact) mass is 489 g/mol. The molecule has 8 nitrogen and oxygen atoms in total. The molecular weight excluding hydrogens is 458 g/mol. The van der Waals surface area contributed by atoms with Crippen molar-refractivity contribution in [1.82, 2.24) is 16.0 Å². The third-order valence-electron chi connectivity index (χ3n) is 7.40. The Labute approximate surface area is 210 Å². The molecule has 8 heteroatoms. The Bertz CT molecular complexity index is 1150. The minimum Gasteiger partial charge on any atom is -0.464 e. The van der Waals surface area contributed by atoms with E-state index in [2.05, 4.69) is 46.8 Å². The number of esters is 1. The second-order valence-electron chi connectivity index (χ2n) is 9.59. The largest absolute Gasteiger partial charge is 0.464 e. The lowest BCUT2D eigenvalue weighted by Gasteiger charge is -2.20. The van der Waals surface area contributed by atoms with Crippen LogP contribution in [0.5, 0.6) is 0 Å². The normalized spacial score (nSPS) is 25.9. The first-order chi connectivity index (χ1) is 17.5. The molecule has 4 atom stereocenters. The molecule has 2 aromatic rings. The van der Waals surface area contributed by atoms with Crippen molar-refractivity contribution in [3.63, 3.8) is 0 Å². The Morgan fingerprint density at radius 1 is 1.08 bits per heavy atom. The number of amides is 2. The van der Waals surface area contributed by atoms with E-state index in [0.29, 0.717) is 19.4 Å². The highest BCUT2D eigenvalue weighted by molar-refractivity contribution is 5.93. The van der Waals surface area contributed by atoms with Gasteiger partial charge in [-0.2, -0.15) is 0 Å². The van der Waals surface area contributed by atoms with Crippen molar-refractivity contribution >= 4 is 18.0 Å². The van der Waals surface area contributed by atoms with Crippen molar-refractivity contribution in [2.24, 2.45) is 5.92 Å². The maximum atomic E-state index is 12.9. The van der Waals surface area contributed by atoms with Crippen LogP contribution in [-0.4, -0.2) is 55.4 Å². The van der Waals surface area contributed by atoms with E-state index in [1.54, 1.807) is 13.0 Å². The molecule has 4 unspecified atom stereocenters. The lowest BCUT2D eigenvalue weighted by atomic mass is 9.98. The minimum absolute atomic E-state index is 0.0150. The van der Waals surface area contributed by atoms with Gasteiger partial charge in [0, 0.05) is 24.4 Å². The van der Waals surface area contributed by atoms with E-state index in [-0.39, 0.29) is 37.0 Å². The molecule has 3 aliphatic rings. The zero-order valence-electron chi connectivity index (χ0n) is 20.3. The predicted octanol–water partition coefficient (Wildman–Crippen LogP) is 2.88. The summed E-state index contributed by atoms with van der Waals surface area (Å²) in [7, 11) is 0. The van der Waals surface area contributed by atoms with Crippen LogP contribution in [0, 0.1) is 5.92 Å². The molecule has 188 valence electrons. The number of hydrogen-bond acceptors (Lipinski definition) is 6. The van der Waals surface area contributed by atoms with Crippen LogP contribution in [0.3, 0.4) is 0 Å². The summed E-state index contributed by atoms with van der Waals surface area (Å²) in [4.78, 5) is 37.9. The maximum Gasteiger partial charge on any atom is 0.407 e. The summed E-state index contributed by atoms with van der Waals surface area (Å²) in [6.45, 7) is 6.38. The highest BCUT2D eigenvalue weighted by Crippen LogP contribution is 2.46. The fraction of sp³-hybridized carbons (Fsp3) is 0.393. The SMILES string of the molecule is C=CC1CC1(NC(=O)C1CC(NC(=O)OCC2c3ccccc3-c3ccccc32)CN1)C(=O)OCC. The second-order valence-corrected chi connectivity index (χ2v) is 9.59. The summed E-state index contributed by atoms with van der Waals surface area (Å²) in [6.07, 6.45) is 2.03. The maximum absolute atomic E-state index is 12.9. The highest BCUT2D eigenvalue weighted by atomic mass is 16.5. The van der Waals surface area contributed by atoms with Crippen LogP contribution in [0.1, 0.15) is 36.8 Å². The number of hydrogen-bond donors (Lipinski definition) is 3. The van der Waals surface area contributed by atoms with Gasteiger partial charge in [-0.25, -0.2) is 9.59 Å². The van der Waals surface area contributed by atoms with Gasteiger partial charge in [-0.15, -0.1) is 6.58 Å². The summed E-state index contributed by atoms with van der Waals surface area (Å²) in [6, 6.07) is 15.6. The summed E-state index contributed by atoms with van der Waals surface area (Å²) in [5, 5.41) is 8.85. The first-order valence-corrected chi connectivity index (χ1v) is 12.4. The highest BCUT2D eigenvalue weighted by Gasteiger charge is 2.61. The number of fused-ring (bicyclic) bond motifs is 3. The molecule has 2 aliphatic carbocycles. The fourth-order valence-electron chi connectivity index (χ4n) is 5.42. The summed E-state index contributed by atoms with van der Waals surface area (Å²) < 4.78 is 10.8. The number of ether oxygens (including phenoxy) is 2. The topological polar surface area (TPSA) is 106 Å². The smallest absolute Gasteiger partial charge is 0.407 e. The predicted molar refractivity (Wildman–Crippen MR) is 134 cm³/mol. The second kappa shape index (κ2) is 9.78. The molecule has 0 bridgehead atoms. The standard InChI is InChI=1S/C28H31N3O5/c1-3-17-14-28(17,26(33)35-4-2)31-25(32)24-13-18(15-29-24)30-27(34)36-16-23-21-11-7-5-9-19(21)20-10-6-8-12-22(20)23/h3,5-12,17-18,23-24,29H,1,4,13-16H2,2H3,(H,30,34)(H,31,32). The van der Waals surface area contributed by atoms with Crippen molar-refractivity contribution < 1.29 is 23.9 Å². The fourth-order valence-corrected chi connectivity index (χ4v) is 5.42. The molecule has 36 heavy (non-hydrogen) atoms. The molecule has 2 fully saturated rings. The molecule has 0 radical (unpaired) electrons. The van der Waals surface area contributed by atoms with Crippen LogP contribution >= 0.6 is 0 Å². The van der Waals surface area contributed by atoms with Gasteiger partial charge >= 0.3 is 12.1 Å². The van der Waals surface area contributed by atoms with Gasteiger partial charge in [-0.3, -0.25) is 4.79 Å². The van der Waals surface area contributed by atoms with E-state index in [1.807, 2.05) is 24.3 Å². The molecule has 2 amide bonds. The van der Waals surface area contributed by atoms with Crippen molar-refractivity contribution in [1.29, 1.82) is 0 Å². The van der Waals surface area contributed by atoms with E-state index in [4.69, 9.17) is 9.47 Å². The zero-order valence-corrected chi connectivity index (χ0v) is 20.3. The third-order valence-corrected chi connectivity index (χ3v) is 7.40. The minimum atomic E-state index is -1.03. The van der Waals surface area contributed by atoms with Crippen LogP contribution in [0.15, 0.2) is 61.2 Å². The first-order valence-electron chi connectivity index (χ1n) is 12.4. The molecule has 1 saturated carbocycles. The molecule has 0 aromatic heterocycles. The van der Waals surface area contributed by atoms with Crippen molar-refractivity contribution in [2.75, 3.05) is 19.8 Å². The van der Waals surface area contributed by atoms with Gasteiger partial charge in [0.25, 0.3) is 0 Å². The van der Waals surface area contributed by atoms with E-state index < -0.39 is 23.6 Å². The molecule has 0 spiro atoms. The number of carbonyl (C=O) groups excluding carboxylic acids is 3. The van der Waals surface area contributed by atoms with E-state index >= 15 is 0 Å². The van der Waals surface area contributed by atoms with Crippen LogP contribution in [0.25, 0.3) is 11.1 Å². The van der Waals surface area contributed by atoms with Gasteiger partial charge in [-0.1, -0.05) is 54.6 Å². The Morgan fingerprint density at radius 3 is 2.36 bits per heavy atom. The lowest BCUT2D eigenvalue weighted by Crippen LogP contribution is -2.51. The van der Waals surface area contributed by atoms with Gasteiger partial charge in [0.1, 0.15) is 12.1 Å². The molecule has 1 saturated heterocycles. The van der Waals surface area contributed by atoms with Gasteiger partial charge < -0.3 is 25.4 Å². The average Bonchev–Trinajstić information content (AvgIpc) is 3.24. The van der Waals surface area contributed by atoms with Crippen LogP contribution in [0.4, 0.5) is 4.79 Å². The van der Waals surface area contributed by atoms with Crippen LogP contribution < -0.4 is 16.0 Å². The van der Waals surface area contributed by atoms with E-state index in [0.717, 1.165) is 11.1 Å². The third kappa shape index (κ3) is 4.37. The van der Waals surface area contributed by atoms with Gasteiger partial charge in [0.05, 0.1) is 12.6 Å². The molecule has 5 rings (SSSR count). The Balaban J connectivity index is 1.14. The number of carbonyl (C=O) groups is 3. The van der Waals surface area contributed by atoms with Crippen LogP contribution in [-0.2, 0) is 19.1 Å². The summed E-state index contributed by atoms with van der Waals surface area (Å²) >= 11 is 0. The van der Waals surface area contributed by atoms with Gasteiger partial charge in [-0.05, 0) is 42.0 Å². The van der Waals surface area contributed by atoms with Crippen molar-refractivity contribution in [3.8, 4) is 11.1 Å². The number of nitrogens with one attached hydrogen (secondary N) is 3. The summed E-state index contributed by atoms with van der Waals surface area (Å²) in [5.74, 6) is -0.880.